The van der Waals surface area contributed by atoms with Gasteiger partial charge in [-0.1, -0.05) is 145 Å². The fourth-order valence-electron chi connectivity index (χ4n) is 31.3. The molecular formula is C93H158N6O18. The molecule has 0 radical (unpaired) electrons. The van der Waals surface area contributed by atoms with Crippen molar-refractivity contribution in [3.05, 3.63) is 32.8 Å². The van der Waals surface area contributed by atoms with Crippen molar-refractivity contribution in [2.75, 3.05) is 62.2 Å². The Hall–Kier alpha value is -3.82. The Labute approximate surface area is 699 Å². The van der Waals surface area contributed by atoms with Gasteiger partial charge >= 0.3 is 17.7 Å². The number of aliphatic hydroxyl groups is 3. The number of nitrogens with zero attached hydrogens (tertiary/aromatic N) is 3. The number of methoxy groups -OCH3 is 4. The van der Waals surface area contributed by atoms with E-state index in [1.165, 1.54) is 57.8 Å². The SMILES string of the molecule is CCOC(=O)ON=C(N)CC[C@@H](C)[C@H]1CCC2C3C(C[C@H](OCOC)[C@@]21C)[C@@]1(C)CC[C@@H](C)C[C@H]1[C@@H](CC)[C@H]3OCOC.CC[C@H]1[C@@H](O)C2C3CC[C@H]([C@H](C)CCc4noc(=O)[nH]4)[C@@]3(C)[C@@H](O)CC2[C@@]2(C)CC[C@@H](O)C[C@@H]12.CC[C@H]1[C@@H](OCOC)C2C3CC[C@H]([C@H](C)CCc4noc(=O)[nH]4)[C@@]3(C)[C@@H](OCOC)CC2[C@@]2(C)CC[C@@H](C)C[C@@H]12. The third-order valence-electron chi connectivity index (χ3n) is 36.7. The first-order valence-corrected chi connectivity index (χ1v) is 46.6. The van der Waals surface area contributed by atoms with Gasteiger partial charge in [-0.25, -0.2) is 14.4 Å². The molecule has 0 spiro atoms. The summed E-state index contributed by atoms with van der Waals surface area (Å²) in [5, 5.41) is 45.6. The Morgan fingerprint density at radius 1 is 0.504 bits per heavy atom. The molecule has 2 heterocycles. The summed E-state index contributed by atoms with van der Waals surface area (Å²) in [5.41, 5.74) is 6.60. The number of aromatic nitrogens is 4. The van der Waals surface area contributed by atoms with E-state index in [9.17, 15) is 29.7 Å². The molecule has 12 saturated carbocycles. The number of hydrogen-bond donors (Lipinski definition) is 6. The molecule has 0 bridgehead atoms. The Bertz CT molecular complexity index is 3630. The van der Waals surface area contributed by atoms with Gasteiger partial charge in [0, 0.05) is 58.5 Å². The lowest BCUT2D eigenvalue weighted by Gasteiger charge is -2.66. The molecule has 24 nitrogen and oxygen atoms in total. The van der Waals surface area contributed by atoms with Gasteiger partial charge in [0.1, 0.15) is 33.0 Å². The molecule has 0 amide bonds. The van der Waals surface area contributed by atoms with Crippen molar-refractivity contribution in [3.8, 4) is 0 Å². The van der Waals surface area contributed by atoms with Gasteiger partial charge in [0.15, 0.2) is 11.6 Å². The summed E-state index contributed by atoms with van der Waals surface area (Å²) < 4.78 is 63.3. The minimum Gasteiger partial charge on any atom is -0.433 e. The maximum Gasteiger partial charge on any atom is 0.535 e. The molecule has 0 saturated heterocycles. The summed E-state index contributed by atoms with van der Waals surface area (Å²) in [5.74, 6) is 11.6. The van der Waals surface area contributed by atoms with Gasteiger partial charge in [0.05, 0.1) is 49.3 Å². The zero-order valence-electron chi connectivity index (χ0n) is 75.3. The molecule has 0 aromatic carbocycles. The molecule has 12 fully saturated rings. The number of carbonyl (C=O) groups excluding carboxylic acids is 1. The monoisotopic (exact) mass is 1650 g/mol. The van der Waals surface area contributed by atoms with Crippen LogP contribution in [0.3, 0.4) is 0 Å². The van der Waals surface area contributed by atoms with Crippen LogP contribution in [0.2, 0.25) is 0 Å². The van der Waals surface area contributed by atoms with Crippen LogP contribution in [0.25, 0.3) is 0 Å². The first-order chi connectivity index (χ1) is 55.8. The second-order valence-electron chi connectivity index (χ2n) is 41.7. The zero-order chi connectivity index (χ0) is 84.4. The van der Waals surface area contributed by atoms with Crippen LogP contribution in [-0.2, 0) is 60.3 Å². The summed E-state index contributed by atoms with van der Waals surface area (Å²) >= 11 is 0. The third kappa shape index (κ3) is 17.6. The van der Waals surface area contributed by atoms with Crippen molar-refractivity contribution in [1.82, 2.24) is 20.3 Å². The molecule has 24 heteroatoms. The van der Waals surface area contributed by atoms with E-state index >= 15 is 0 Å². The number of nitrogens with two attached hydrogens (primary N) is 1. The van der Waals surface area contributed by atoms with Crippen LogP contribution in [0.5, 0.6) is 0 Å². The van der Waals surface area contributed by atoms with E-state index in [-0.39, 0.29) is 88.2 Å². The molecule has 7 N–H and O–H groups in total. The second kappa shape index (κ2) is 38.7. The summed E-state index contributed by atoms with van der Waals surface area (Å²) in [6.45, 7) is 37.1. The highest BCUT2D eigenvalue weighted by molar-refractivity contribution is 5.80. The lowest BCUT2D eigenvalue weighted by atomic mass is 9.40. The lowest BCUT2D eigenvalue weighted by molar-refractivity contribution is -0.262. The largest absolute Gasteiger partial charge is 0.535 e. The number of oxime groups is 1. The van der Waals surface area contributed by atoms with Crippen LogP contribution in [0.15, 0.2) is 23.8 Å². The topological polar surface area (TPSA) is 326 Å². The van der Waals surface area contributed by atoms with Gasteiger partial charge in [0.2, 0.25) is 0 Å². The highest BCUT2D eigenvalue weighted by Gasteiger charge is 2.72. The van der Waals surface area contributed by atoms with Crippen LogP contribution in [0, 0.1) is 169 Å². The van der Waals surface area contributed by atoms with E-state index in [1.54, 1.807) is 35.4 Å². The van der Waals surface area contributed by atoms with Crippen LogP contribution in [0.1, 0.15) is 276 Å². The smallest absolute Gasteiger partial charge is 0.433 e. The highest BCUT2D eigenvalue weighted by atomic mass is 16.8. The Morgan fingerprint density at radius 3 is 1.32 bits per heavy atom. The first-order valence-electron chi connectivity index (χ1n) is 46.6. The maximum absolute atomic E-state index is 11.8. The number of amidine groups is 1. The zero-order valence-corrected chi connectivity index (χ0v) is 75.3. The van der Waals surface area contributed by atoms with Crippen molar-refractivity contribution < 1.29 is 76.6 Å². The van der Waals surface area contributed by atoms with Crippen LogP contribution in [-0.4, -0.2) is 153 Å². The molecule has 668 valence electrons. The van der Waals surface area contributed by atoms with Gasteiger partial charge < -0.3 is 63.7 Å². The maximum atomic E-state index is 11.8. The Balaban J connectivity index is 0.000000163. The van der Waals surface area contributed by atoms with Crippen LogP contribution in [0.4, 0.5) is 4.79 Å². The number of nitrogens with one attached hydrogen (secondary N) is 2. The van der Waals surface area contributed by atoms with Crippen molar-refractivity contribution in [2.45, 2.75) is 320 Å². The molecular weight excluding hydrogens is 1490 g/mol. The normalized spacial score (nSPS) is 44.5. The molecule has 36 atom stereocenters. The molecule has 12 aliphatic rings. The Morgan fingerprint density at radius 2 is 0.906 bits per heavy atom. The van der Waals surface area contributed by atoms with E-state index in [0.717, 1.165) is 115 Å². The summed E-state index contributed by atoms with van der Waals surface area (Å²) in [4.78, 5) is 44.5. The van der Waals surface area contributed by atoms with Crippen molar-refractivity contribution in [2.24, 2.45) is 179 Å². The van der Waals surface area contributed by atoms with E-state index in [2.05, 4.69) is 127 Å². The minimum absolute atomic E-state index is 0.0223. The number of ether oxygens (including phenoxy) is 9. The number of aryl methyl sites for hydroxylation is 2. The number of carbonyl (C=O) groups is 1. The summed E-state index contributed by atoms with van der Waals surface area (Å²) in [6, 6.07) is 0. The fraction of sp³-hybridized carbons (Fsp3) is 0.935. The van der Waals surface area contributed by atoms with Gasteiger partial charge in [-0.3, -0.25) is 23.9 Å². The average molecular weight is 1650 g/mol. The Kier molecular flexibility index (Phi) is 30.6. The van der Waals surface area contributed by atoms with Crippen molar-refractivity contribution >= 4 is 12.0 Å². The second-order valence-corrected chi connectivity index (χ2v) is 41.7. The molecule has 117 heavy (non-hydrogen) atoms. The quantitative estimate of drug-likeness (QED) is 0.0110. The number of H-pyrrole nitrogens is 2. The minimum atomic E-state index is -0.828. The summed E-state index contributed by atoms with van der Waals surface area (Å²) in [7, 11) is 6.96. The van der Waals surface area contributed by atoms with E-state index in [4.69, 9.17) is 57.7 Å². The highest BCUT2D eigenvalue weighted by Crippen LogP contribution is 2.75. The van der Waals surface area contributed by atoms with Crippen LogP contribution < -0.4 is 17.2 Å². The van der Waals surface area contributed by atoms with Gasteiger partial charge in [-0.15, -0.1) is 0 Å². The summed E-state index contributed by atoms with van der Waals surface area (Å²) in [6.07, 6.45) is 26.9. The predicted octanol–water partition coefficient (Wildman–Crippen LogP) is 16.6. The van der Waals surface area contributed by atoms with E-state index < -0.39 is 17.7 Å². The molecule has 2 aromatic heterocycles. The van der Waals surface area contributed by atoms with Gasteiger partial charge in [-0.2, -0.15) is 0 Å². The van der Waals surface area contributed by atoms with Crippen LogP contribution >= 0.6 is 0 Å². The standard InChI is InChI=1S/C34H60N2O7.C32H54N2O6.C27H44N2O5/c1-9-23-26-17-21(3)15-16-33(26,5)27-18-28(41-19-38-7)34(6)24(12-13-25(34)30(27)31(23)42-20-39-8)22(4)11-14-29(35)36-43-32(37)40-10-2;1-8-21-24-15-19(2)13-14-31(24,4)25-16-26(38-17-36-6)32(5)22(20(3)9-12-27-33-30(35)40-34-27)10-11-23(32)28(25)29(21)39-18-37-7;1-5-16-19-12-15(30)10-11-26(19,3)20-13-21(31)27(4)17(7-8-18(27)23(20)24(16)32)14(2)6-9-22-28-25(33)34-29-22/h21-28,30-31H,9-20H2,1-8H3,(H2,35,36);19-26,28-29H,8-18H2,1-7H3,(H,33,34,35);14-21,23-24,30-32H,5-13H2,1-4H3,(H,28,29,33)/t21-,22-,23-,24-,25?,26+,27?,28+,30?,31-,33+,34-;19-,20-,21-,22-,23?,24+,25?,26+,28?,29-,31+,32-;14-,15-,16-,17-,18?,19+,20?,21+,23?,24-,26+,27-/m111/s1. The van der Waals surface area contributed by atoms with Gasteiger partial charge in [-0.05, 0) is 287 Å². The average Bonchev–Trinajstić information content (AvgIpc) is 1.68. The van der Waals surface area contributed by atoms with Crippen molar-refractivity contribution in [1.29, 1.82) is 0 Å². The number of hydrogen-bond acceptors (Lipinski definition) is 21. The van der Waals surface area contributed by atoms with E-state index in [1.807, 2.05) is 0 Å². The van der Waals surface area contributed by atoms with E-state index in [0.29, 0.717) is 175 Å². The fourth-order valence-corrected chi connectivity index (χ4v) is 31.3. The number of rotatable bonds is 29. The first kappa shape index (κ1) is 92.4. The molecule has 9 unspecified atom stereocenters. The van der Waals surface area contributed by atoms with Crippen molar-refractivity contribution in [3.63, 3.8) is 0 Å². The molecule has 14 rings (SSSR count). The number of aliphatic hydroxyl groups excluding tert-OH is 3. The molecule has 2 aromatic rings. The van der Waals surface area contributed by atoms with Gasteiger partial charge in [0.25, 0.3) is 0 Å². The number of fused-ring (bicyclic) bond motifs is 15. The lowest BCUT2D eigenvalue weighted by Crippen LogP contribution is -2.65. The number of aromatic amines is 2. The molecule has 0 aliphatic heterocycles. The predicted molar refractivity (Wildman–Crippen MR) is 446 cm³/mol. The molecule has 12 aliphatic carbocycles. The third-order valence-corrected chi connectivity index (χ3v) is 36.7.